The Morgan fingerprint density at radius 2 is 1.25 bits per heavy atom. The van der Waals surface area contributed by atoms with Gasteiger partial charge in [-0.1, -0.05) is 21.8 Å². The summed E-state index contributed by atoms with van der Waals surface area (Å²) < 4.78 is 0.499. The van der Waals surface area contributed by atoms with Crippen LogP contribution >= 0.6 is 0 Å². The van der Waals surface area contributed by atoms with Gasteiger partial charge in [-0.05, 0) is 9.69 Å². The van der Waals surface area contributed by atoms with Crippen molar-refractivity contribution in [2.75, 3.05) is 0 Å². The number of hydrogen-bond donors (Lipinski definition) is 2. The lowest BCUT2D eigenvalue weighted by Gasteiger charge is -2.15. The number of imide groups is 1. The quantitative estimate of drug-likeness (QED) is 0.247. The van der Waals surface area contributed by atoms with Crippen molar-refractivity contribution in [2.45, 2.75) is 0 Å². The summed E-state index contributed by atoms with van der Waals surface area (Å²) in [6.45, 7) is 0. The average molecular weight is 330 g/mol. The van der Waals surface area contributed by atoms with Gasteiger partial charge in [0.25, 0.3) is 11.8 Å². The maximum Gasteiger partial charge on any atom is 0.317 e. The summed E-state index contributed by atoms with van der Waals surface area (Å²) in [6.07, 6.45) is 7.14. The Morgan fingerprint density at radius 3 is 1.75 bits per heavy atom. The number of hydrogen-bond acceptors (Lipinski definition) is 6. The van der Waals surface area contributed by atoms with Crippen LogP contribution in [0.15, 0.2) is 48.6 Å². The van der Waals surface area contributed by atoms with Crippen LogP contribution in [0, 0.1) is 10.4 Å². The molecule has 10 heteroatoms. The fraction of sp³-hybridized carbons (Fsp3) is 0. The number of allylic oxidation sites excluding steroid dienone is 4. The minimum absolute atomic E-state index is 0.0253. The molecule has 1 aliphatic carbocycles. The first-order chi connectivity index (χ1) is 11.4. The summed E-state index contributed by atoms with van der Waals surface area (Å²) in [5, 5.41) is 44.4. The van der Waals surface area contributed by atoms with Gasteiger partial charge in [0.2, 0.25) is 0 Å². The monoisotopic (exact) mass is 330 g/mol. The third kappa shape index (κ3) is 2.22. The normalized spacial score (nSPS) is 20.9. The summed E-state index contributed by atoms with van der Waals surface area (Å²) in [6, 6.07) is 2.16. The zero-order chi connectivity index (χ0) is 17.4. The molecule has 2 amide bonds. The van der Waals surface area contributed by atoms with Crippen LogP contribution in [0.1, 0.15) is 0 Å². The van der Waals surface area contributed by atoms with Gasteiger partial charge < -0.3 is 20.6 Å². The third-order valence-corrected chi connectivity index (χ3v) is 3.26. The molecule has 1 aromatic heterocycles. The van der Waals surface area contributed by atoms with Crippen LogP contribution in [0.5, 0.6) is 11.8 Å². The number of carbonyl (C=O) groups is 2. The number of amides is 2. The highest BCUT2D eigenvalue weighted by Crippen LogP contribution is 2.20. The molecule has 0 fully saturated rings. The van der Waals surface area contributed by atoms with Crippen LogP contribution in [0.3, 0.4) is 0 Å². The van der Waals surface area contributed by atoms with Gasteiger partial charge in [0.15, 0.2) is 0 Å². The van der Waals surface area contributed by atoms with Crippen molar-refractivity contribution in [3.8, 4) is 11.8 Å². The van der Waals surface area contributed by atoms with E-state index >= 15 is 0 Å². The van der Waals surface area contributed by atoms with Crippen LogP contribution in [0.4, 0.5) is 0 Å². The maximum absolute atomic E-state index is 12.4. The first-order valence-electron chi connectivity index (χ1n) is 6.61. The molecule has 1 aromatic rings. The molecule has 24 heavy (non-hydrogen) atoms. The Morgan fingerprint density at radius 1 is 0.792 bits per heavy atom. The molecule has 3 rings (SSSR count). The van der Waals surface area contributed by atoms with Crippen LogP contribution in [0.25, 0.3) is 0 Å². The largest absolute Gasteiger partial charge is 0.595 e. The Kier molecular flexibility index (Phi) is 3.41. The van der Waals surface area contributed by atoms with E-state index in [-0.39, 0.29) is 21.1 Å². The molecule has 1 aliphatic heterocycles. The predicted molar refractivity (Wildman–Crippen MR) is 79.7 cm³/mol. The number of hydrazine groups is 1. The third-order valence-electron chi connectivity index (χ3n) is 3.26. The molecular formula is C14H10N4O6. The van der Waals surface area contributed by atoms with Gasteiger partial charge in [0.05, 0.1) is 0 Å². The van der Waals surface area contributed by atoms with Crippen molar-refractivity contribution in [1.29, 1.82) is 0 Å². The van der Waals surface area contributed by atoms with Gasteiger partial charge in [-0.3, -0.25) is 9.59 Å². The standard InChI is InChI=1S/C14H10N4O6/c19-11-5-6-12(20)15(11)17(23)9-3-1-2-4-10(9)18(24)16-13(21)7-8-14(16)22/h1-8,19-20H. The molecule has 0 atom stereocenters. The van der Waals surface area contributed by atoms with Crippen LogP contribution in [0.2, 0.25) is 0 Å². The molecule has 0 saturated carbocycles. The van der Waals surface area contributed by atoms with Crippen molar-refractivity contribution in [1.82, 2.24) is 9.69 Å². The lowest BCUT2D eigenvalue weighted by Crippen LogP contribution is -2.43. The molecule has 2 N–H and O–H groups in total. The molecule has 0 spiro atoms. The molecule has 0 aromatic carbocycles. The van der Waals surface area contributed by atoms with Gasteiger partial charge in [0.1, 0.15) is 0 Å². The number of aromatic hydroxyl groups is 2. The topological polar surface area (TPSA) is 135 Å². The van der Waals surface area contributed by atoms with Gasteiger partial charge in [-0.2, -0.15) is 0 Å². The number of carbonyl (C=O) groups excluding carboxylic acids is 2. The highest BCUT2D eigenvalue weighted by Gasteiger charge is 2.36. The van der Waals surface area contributed by atoms with Gasteiger partial charge in [-0.15, -0.1) is 0 Å². The van der Waals surface area contributed by atoms with Crippen LogP contribution in [-0.2, 0) is 9.59 Å². The van der Waals surface area contributed by atoms with Crippen LogP contribution in [-0.4, -0.2) is 52.8 Å². The van der Waals surface area contributed by atoms with Gasteiger partial charge in [0, 0.05) is 36.4 Å². The zero-order valence-electron chi connectivity index (χ0n) is 11.9. The summed E-state index contributed by atoms with van der Waals surface area (Å²) >= 11 is 0. The van der Waals surface area contributed by atoms with E-state index in [2.05, 4.69) is 0 Å². The van der Waals surface area contributed by atoms with E-state index in [1.807, 2.05) is 0 Å². The smallest absolute Gasteiger partial charge is 0.317 e. The van der Waals surface area contributed by atoms with E-state index in [9.17, 15) is 30.2 Å². The van der Waals surface area contributed by atoms with Crippen molar-refractivity contribution in [3.63, 3.8) is 0 Å². The molecule has 0 radical (unpaired) electrons. The predicted octanol–water partition coefficient (Wildman–Crippen LogP) is -0.469. The number of nitrogens with zero attached hydrogens (tertiary/aromatic N) is 4. The number of hydrazone groups is 1. The Bertz CT molecular complexity index is 865. The summed E-state index contributed by atoms with van der Waals surface area (Å²) in [7, 11) is 0. The van der Waals surface area contributed by atoms with Crippen molar-refractivity contribution in [2.24, 2.45) is 0 Å². The Balaban J connectivity index is 2.17. The first-order valence-corrected chi connectivity index (χ1v) is 6.61. The van der Waals surface area contributed by atoms with E-state index in [0.29, 0.717) is 9.69 Å². The minimum Gasteiger partial charge on any atom is -0.595 e. The first kappa shape index (κ1) is 15.1. The van der Waals surface area contributed by atoms with E-state index in [1.54, 1.807) is 0 Å². The second-order valence-electron chi connectivity index (χ2n) is 4.72. The van der Waals surface area contributed by atoms with Gasteiger partial charge >= 0.3 is 23.2 Å². The fourth-order valence-electron chi connectivity index (χ4n) is 2.17. The highest BCUT2D eigenvalue weighted by atomic mass is 16.5. The van der Waals surface area contributed by atoms with Gasteiger partial charge in [-0.25, -0.2) is 0 Å². The van der Waals surface area contributed by atoms with Crippen molar-refractivity contribution in [3.05, 3.63) is 59.0 Å². The zero-order valence-corrected chi connectivity index (χ0v) is 11.9. The Hall–Kier alpha value is -3.82. The average Bonchev–Trinajstić information content (AvgIpc) is 3.08. The molecule has 2 aliphatic rings. The molecule has 0 saturated heterocycles. The van der Waals surface area contributed by atoms with Crippen molar-refractivity contribution < 1.29 is 29.5 Å². The van der Waals surface area contributed by atoms with E-state index in [1.165, 1.54) is 24.3 Å². The highest BCUT2D eigenvalue weighted by molar-refractivity contribution is 6.47. The Labute approximate surface area is 134 Å². The number of rotatable bonds is 2. The van der Waals surface area contributed by atoms with Crippen LogP contribution < -0.4 is 0 Å². The number of aromatic nitrogens is 1. The van der Waals surface area contributed by atoms with E-state index in [4.69, 9.17) is 0 Å². The van der Waals surface area contributed by atoms with Crippen molar-refractivity contribution >= 4 is 23.2 Å². The molecular weight excluding hydrogens is 320 g/mol. The molecule has 0 bridgehead atoms. The molecule has 2 heterocycles. The molecule has 122 valence electrons. The lowest BCUT2D eigenvalue weighted by atomic mass is 10.1. The minimum atomic E-state index is -0.853. The van der Waals surface area contributed by atoms with E-state index < -0.39 is 23.6 Å². The maximum atomic E-state index is 12.4. The SMILES string of the molecule is O=C1C=CC(=O)N1[N+]([O-])=C1C=CC=CC1=[N+]([O-])n1c(O)ccc1O. The van der Waals surface area contributed by atoms with E-state index in [0.717, 1.165) is 24.3 Å². The second kappa shape index (κ2) is 5.43. The summed E-state index contributed by atoms with van der Waals surface area (Å²) in [5.74, 6) is -2.84. The fourth-order valence-corrected chi connectivity index (χ4v) is 2.17. The lowest BCUT2D eigenvalue weighted by molar-refractivity contribution is -0.594. The molecule has 10 nitrogen and oxygen atoms in total. The second-order valence-corrected chi connectivity index (χ2v) is 4.72. The summed E-state index contributed by atoms with van der Waals surface area (Å²) in [4.78, 5) is 23.3. The summed E-state index contributed by atoms with van der Waals surface area (Å²) in [5.41, 5.74) is -0.632. The molecule has 0 unspecified atom stereocenters.